The van der Waals surface area contributed by atoms with Crippen LogP contribution in [0.5, 0.6) is 5.75 Å². The summed E-state index contributed by atoms with van der Waals surface area (Å²) >= 11 is 6.32. The Bertz CT molecular complexity index is 1630. The molecule has 11 heteroatoms. The maximum Gasteiger partial charge on any atom is 0.411 e. The zero-order valence-corrected chi connectivity index (χ0v) is 27.9. The zero-order chi connectivity index (χ0) is 30.8. The first-order chi connectivity index (χ1) is 20.4. The molecular weight excluding hydrogens is 602 g/mol. The van der Waals surface area contributed by atoms with Crippen LogP contribution in [0.1, 0.15) is 42.6 Å². The van der Waals surface area contributed by atoms with Crippen molar-refractivity contribution in [3.05, 3.63) is 64.3 Å². The molecule has 0 aliphatic carbocycles. The number of benzene rings is 2. The third-order valence-electron chi connectivity index (χ3n) is 8.17. The number of fused-ring (bicyclic) bond motifs is 3. The van der Waals surface area contributed by atoms with Crippen molar-refractivity contribution >= 4 is 46.7 Å². The van der Waals surface area contributed by atoms with E-state index in [0.29, 0.717) is 43.9 Å². The molecule has 2 aromatic carbocycles. The van der Waals surface area contributed by atoms with E-state index in [1.807, 2.05) is 42.5 Å². The van der Waals surface area contributed by atoms with E-state index >= 15 is 0 Å². The summed E-state index contributed by atoms with van der Waals surface area (Å²) in [7, 11) is -4.67. The highest BCUT2D eigenvalue weighted by Gasteiger charge is 2.36. The van der Waals surface area contributed by atoms with Gasteiger partial charge < -0.3 is 14.5 Å². The quantitative estimate of drug-likeness (QED) is 0.226. The molecule has 1 aromatic heterocycles. The van der Waals surface area contributed by atoms with Crippen LogP contribution in [-0.2, 0) is 21.2 Å². The lowest BCUT2D eigenvalue weighted by molar-refractivity contribution is 0.0992. The summed E-state index contributed by atoms with van der Waals surface area (Å²) in [6.07, 6.45) is 1.51. The third kappa shape index (κ3) is 7.40. The van der Waals surface area contributed by atoms with Gasteiger partial charge in [-0.3, -0.25) is 4.90 Å². The Labute approximate surface area is 260 Å². The van der Waals surface area contributed by atoms with Gasteiger partial charge in [0.25, 0.3) is 0 Å². The van der Waals surface area contributed by atoms with Gasteiger partial charge in [0.05, 0.1) is 5.75 Å². The number of nitrogens with one attached hydrogen (secondary N) is 1. The standard InChI is InChI=1S/C32H40ClN3O5SSi/c1-5-6-19-40-32(37)36-18-15-27-28-22-24(33)9-12-29(28)34-30(27)31(36)23-7-10-25(11-8-23)41-26-13-16-35(17-14-26)42(38,39)20-21-43(2,3)4/h7-12,22,26,31,34H,13-21H2,1-4H3. The number of hydrogen-bond acceptors (Lipinski definition) is 5. The van der Waals surface area contributed by atoms with Crippen LogP contribution in [0, 0.1) is 11.8 Å². The molecule has 0 bridgehead atoms. The van der Waals surface area contributed by atoms with Gasteiger partial charge in [-0.05, 0) is 73.7 Å². The van der Waals surface area contributed by atoms with Crippen molar-refractivity contribution in [1.29, 1.82) is 0 Å². The van der Waals surface area contributed by atoms with Crippen molar-refractivity contribution in [2.45, 2.75) is 64.0 Å². The summed E-state index contributed by atoms with van der Waals surface area (Å²) < 4.78 is 39.1. The second-order valence-electron chi connectivity index (χ2n) is 12.4. The van der Waals surface area contributed by atoms with Gasteiger partial charge in [0.2, 0.25) is 10.0 Å². The minimum absolute atomic E-state index is 0.0406. The highest BCUT2D eigenvalue weighted by molar-refractivity contribution is 7.89. The molecule has 2 aliphatic rings. The molecule has 1 unspecified atom stereocenters. The molecule has 0 saturated carbocycles. The normalized spacial score (nSPS) is 18.2. The van der Waals surface area contributed by atoms with E-state index in [0.717, 1.165) is 39.5 Å². The van der Waals surface area contributed by atoms with Gasteiger partial charge in [0.15, 0.2) is 6.61 Å². The van der Waals surface area contributed by atoms with E-state index in [9.17, 15) is 13.2 Å². The lowest BCUT2D eigenvalue weighted by Crippen LogP contribution is -2.43. The maximum atomic E-state index is 13.2. The van der Waals surface area contributed by atoms with Crippen LogP contribution in [0.15, 0.2) is 42.5 Å². The molecule has 1 amide bonds. The van der Waals surface area contributed by atoms with Crippen LogP contribution in [0.3, 0.4) is 0 Å². The largest absolute Gasteiger partial charge is 0.490 e. The van der Waals surface area contributed by atoms with E-state index in [2.05, 4.69) is 36.5 Å². The summed E-state index contributed by atoms with van der Waals surface area (Å²) in [5.74, 6) is 6.51. The summed E-state index contributed by atoms with van der Waals surface area (Å²) in [4.78, 5) is 18.5. The van der Waals surface area contributed by atoms with Crippen molar-refractivity contribution in [3.63, 3.8) is 0 Å². The van der Waals surface area contributed by atoms with Crippen molar-refractivity contribution in [2.75, 3.05) is 32.0 Å². The number of hydrogen-bond donors (Lipinski definition) is 1. The summed E-state index contributed by atoms with van der Waals surface area (Å²) in [5.41, 5.74) is 3.98. The second kappa shape index (κ2) is 12.9. The first-order valence-corrected chi connectivity index (χ1v) is 20.5. The predicted molar refractivity (Wildman–Crippen MR) is 174 cm³/mol. The lowest BCUT2D eigenvalue weighted by Gasteiger charge is -2.35. The molecule has 1 atom stereocenters. The Kier molecular flexibility index (Phi) is 9.47. The fourth-order valence-electron chi connectivity index (χ4n) is 5.77. The number of sulfonamides is 1. The highest BCUT2D eigenvalue weighted by Crippen LogP contribution is 2.40. The van der Waals surface area contributed by atoms with Crippen molar-refractivity contribution < 1.29 is 22.7 Å². The van der Waals surface area contributed by atoms with Crippen LogP contribution in [0.2, 0.25) is 30.7 Å². The van der Waals surface area contributed by atoms with Gasteiger partial charge in [-0.25, -0.2) is 17.5 Å². The highest BCUT2D eigenvalue weighted by atomic mass is 35.5. The van der Waals surface area contributed by atoms with Gasteiger partial charge >= 0.3 is 6.09 Å². The second-order valence-corrected chi connectivity index (χ2v) is 20.6. The number of piperidine rings is 1. The molecule has 8 nitrogen and oxygen atoms in total. The smallest absolute Gasteiger partial charge is 0.411 e. The first kappa shape index (κ1) is 31.5. The molecule has 43 heavy (non-hydrogen) atoms. The topological polar surface area (TPSA) is 91.9 Å². The zero-order valence-electron chi connectivity index (χ0n) is 25.3. The Morgan fingerprint density at radius 2 is 1.81 bits per heavy atom. The van der Waals surface area contributed by atoms with Gasteiger partial charge in [0, 0.05) is 49.3 Å². The molecule has 2 aliphatic heterocycles. The van der Waals surface area contributed by atoms with Gasteiger partial charge in [0.1, 0.15) is 17.9 Å². The molecule has 0 spiro atoms. The minimum atomic E-state index is -3.24. The van der Waals surface area contributed by atoms with Crippen LogP contribution < -0.4 is 4.74 Å². The molecule has 230 valence electrons. The van der Waals surface area contributed by atoms with Gasteiger partial charge in [-0.2, -0.15) is 0 Å². The fourth-order valence-corrected chi connectivity index (χ4v) is 10.4. The predicted octanol–water partition coefficient (Wildman–Crippen LogP) is 6.44. The lowest BCUT2D eigenvalue weighted by atomic mass is 9.92. The number of H-pyrrole nitrogens is 1. The summed E-state index contributed by atoms with van der Waals surface area (Å²) in [6.45, 7) is 9.79. The van der Waals surface area contributed by atoms with Crippen LogP contribution in [-0.4, -0.2) is 74.9 Å². The van der Waals surface area contributed by atoms with E-state index in [1.165, 1.54) is 0 Å². The minimum Gasteiger partial charge on any atom is -0.490 e. The van der Waals surface area contributed by atoms with Crippen LogP contribution >= 0.6 is 11.6 Å². The Morgan fingerprint density at radius 3 is 2.49 bits per heavy atom. The number of aromatic nitrogens is 1. The summed E-state index contributed by atoms with van der Waals surface area (Å²) in [5, 5.41) is 1.73. The average molecular weight is 642 g/mol. The Hall–Kier alpha value is -2.97. The molecule has 3 aromatic rings. The van der Waals surface area contributed by atoms with E-state index in [1.54, 1.807) is 16.1 Å². The van der Waals surface area contributed by atoms with Crippen molar-refractivity contribution in [3.8, 4) is 17.6 Å². The molecule has 0 radical (unpaired) electrons. The molecule has 5 rings (SSSR count). The maximum absolute atomic E-state index is 13.2. The Morgan fingerprint density at radius 1 is 1.09 bits per heavy atom. The van der Waals surface area contributed by atoms with E-state index < -0.39 is 24.2 Å². The van der Waals surface area contributed by atoms with Crippen LogP contribution in [0.25, 0.3) is 10.9 Å². The number of nitrogens with zero attached hydrogens (tertiary/aromatic N) is 2. The molecule has 1 saturated heterocycles. The molecule has 3 heterocycles. The number of aromatic amines is 1. The molecule has 1 N–H and O–H groups in total. The SMILES string of the molecule is CC#CCOC(=O)N1CCc2c([nH]c3ccc(Cl)cc23)C1c1ccc(OC2CCN(S(=O)(=O)CC[Si](C)(C)C)CC2)cc1. The first-order valence-electron chi connectivity index (χ1n) is 14.8. The fraction of sp³-hybridized carbons (Fsp3) is 0.469. The monoisotopic (exact) mass is 641 g/mol. The summed E-state index contributed by atoms with van der Waals surface area (Å²) in [6, 6.07) is 14.0. The Balaban J connectivity index is 1.31. The number of rotatable bonds is 8. The number of amides is 1. The van der Waals surface area contributed by atoms with Crippen molar-refractivity contribution in [2.24, 2.45) is 0 Å². The number of carbonyl (C=O) groups excluding carboxylic acids is 1. The average Bonchev–Trinajstić information content (AvgIpc) is 3.34. The van der Waals surface area contributed by atoms with E-state index in [4.69, 9.17) is 21.1 Å². The third-order valence-corrected chi connectivity index (χ3v) is 12.4. The number of carbonyl (C=O) groups is 1. The number of ether oxygens (including phenoxy) is 2. The van der Waals surface area contributed by atoms with Crippen molar-refractivity contribution in [1.82, 2.24) is 14.2 Å². The van der Waals surface area contributed by atoms with E-state index in [-0.39, 0.29) is 24.5 Å². The number of halogens is 1. The molecular formula is C32H40ClN3O5SSi. The van der Waals surface area contributed by atoms with Gasteiger partial charge in [-0.1, -0.05) is 49.3 Å². The molecule has 1 fully saturated rings. The van der Waals surface area contributed by atoms with Gasteiger partial charge in [-0.15, -0.1) is 5.92 Å². The van der Waals surface area contributed by atoms with Crippen LogP contribution in [0.4, 0.5) is 4.79 Å².